The van der Waals surface area contributed by atoms with Gasteiger partial charge in [-0.05, 0) is 31.4 Å². The van der Waals surface area contributed by atoms with E-state index < -0.39 is 4.92 Å². The third-order valence-corrected chi connectivity index (χ3v) is 4.13. The van der Waals surface area contributed by atoms with Crippen molar-refractivity contribution in [2.45, 2.75) is 45.6 Å². The van der Waals surface area contributed by atoms with E-state index in [-0.39, 0.29) is 27.7 Å². The van der Waals surface area contributed by atoms with Crippen LogP contribution in [0.2, 0.25) is 5.02 Å². The summed E-state index contributed by atoms with van der Waals surface area (Å²) in [6, 6.07) is 4.08. The fraction of sp³-hybridized carbons (Fsp3) is 0.500. The van der Waals surface area contributed by atoms with Crippen LogP contribution in [0.1, 0.15) is 50.4 Å². The fourth-order valence-corrected chi connectivity index (χ4v) is 2.31. The zero-order valence-corrected chi connectivity index (χ0v) is 12.7. The number of hydrogen-bond acceptors (Lipinski definition) is 3. The number of carbonyl (C=O) groups is 1. The van der Waals surface area contributed by atoms with Crippen molar-refractivity contribution in [3.8, 4) is 0 Å². The number of nitro groups is 1. The predicted octanol–water partition coefficient (Wildman–Crippen LogP) is 3.95. The zero-order chi connectivity index (χ0) is 15.3. The largest absolute Gasteiger partial charge is 0.347 e. The molecule has 1 rings (SSSR count). The number of amides is 1. The van der Waals surface area contributed by atoms with Gasteiger partial charge in [0.05, 0.1) is 4.92 Å². The maximum Gasteiger partial charge on any atom is 0.288 e. The van der Waals surface area contributed by atoms with E-state index in [1.165, 1.54) is 18.2 Å². The first-order valence-electron chi connectivity index (χ1n) is 6.65. The van der Waals surface area contributed by atoms with E-state index >= 15 is 0 Å². The van der Waals surface area contributed by atoms with E-state index in [1.807, 2.05) is 20.8 Å². The van der Waals surface area contributed by atoms with Gasteiger partial charge in [-0.15, -0.1) is 0 Å². The Balaban J connectivity index is 3.04. The number of nitro benzene ring substituents is 1. The molecule has 1 aromatic rings. The minimum absolute atomic E-state index is 0.0271. The van der Waals surface area contributed by atoms with E-state index in [9.17, 15) is 14.9 Å². The van der Waals surface area contributed by atoms with Gasteiger partial charge in [0.2, 0.25) is 0 Å². The Bertz CT molecular complexity index is 505. The molecule has 0 atom stereocenters. The van der Waals surface area contributed by atoms with Crippen molar-refractivity contribution in [1.29, 1.82) is 0 Å². The molecule has 0 fully saturated rings. The molecular weight excluding hydrogens is 280 g/mol. The lowest BCUT2D eigenvalue weighted by atomic mass is 9.89. The van der Waals surface area contributed by atoms with Gasteiger partial charge in [-0.25, -0.2) is 0 Å². The summed E-state index contributed by atoms with van der Waals surface area (Å²) in [6.45, 7) is 6.03. The predicted molar refractivity (Wildman–Crippen MR) is 79.2 cm³/mol. The summed E-state index contributed by atoms with van der Waals surface area (Å²) in [4.78, 5) is 22.5. The maximum atomic E-state index is 12.2. The van der Waals surface area contributed by atoms with E-state index in [0.717, 1.165) is 19.3 Å². The number of halogens is 1. The Morgan fingerprint density at radius 1 is 1.30 bits per heavy atom. The molecule has 6 heteroatoms. The molecule has 0 bridgehead atoms. The number of nitrogens with one attached hydrogen (secondary N) is 1. The average Bonchev–Trinajstić information content (AvgIpc) is 2.45. The van der Waals surface area contributed by atoms with Crippen LogP contribution in [0.15, 0.2) is 18.2 Å². The summed E-state index contributed by atoms with van der Waals surface area (Å²) in [7, 11) is 0. The Kier molecular flexibility index (Phi) is 5.51. The highest BCUT2D eigenvalue weighted by molar-refractivity contribution is 6.32. The highest BCUT2D eigenvalue weighted by Crippen LogP contribution is 2.26. The average molecular weight is 299 g/mol. The highest BCUT2D eigenvalue weighted by atomic mass is 35.5. The first-order chi connectivity index (χ1) is 9.39. The summed E-state index contributed by atoms with van der Waals surface area (Å²) >= 11 is 5.74. The normalized spacial score (nSPS) is 11.2. The topological polar surface area (TPSA) is 72.2 Å². The second kappa shape index (κ2) is 6.70. The molecule has 0 aliphatic carbocycles. The summed E-state index contributed by atoms with van der Waals surface area (Å²) in [5.41, 5.74) is -0.277. The lowest BCUT2D eigenvalue weighted by Gasteiger charge is -2.31. The Labute approximate surface area is 123 Å². The molecule has 0 saturated heterocycles. The highest BCUT2D eigenvalue weighted by Gasteiger charge is 2.27. The van der Waals surface area contributed by atoms with Gasteiger partial charge in [0.15, 0.2) is 0 Å². The first-order valence-corrected chi connectivity index (χ1v) is 7.03. The fourth-order valence-electron chi connectivity index (χ4n) is 2.12. The number of benzene rings is 1. The van der Waals surface area contributed by atoms with E-state index in [4.69, 9.17) is 11.6 Å². The van der Waals surface area contributed by atoms with Crippen LogP contribution in [0.25, 0.3) is 0 Å². The molecule has 0 saturated carbocycles. The van der Waals surface area contributed by atoms with Crippen molar-refractivity contribution in [2.24, 2.45) is 0 Å². The Morgan fingerprint density at radius 3 is 2.30 bits per heavy atom. The van der Waals surface area contributed by atoms with Crippen LogP contribution >= 0.6 is 11.6 Å². The van der Waals surface area contributed by atoms with Crippen molar-refractivity contribution in [1.82, 2.24) is 5.32 Å². The smallest absolute Gasteiger partial charge is 0.288 e. The number of rotatable bonds is 6. The van der Waals surface area contributed by atoms with Crippen LogP contribution in [0.4, 0.5) is 5.69 Å². The Morgan fingerprint density at radius 2 is 1.85 bits per heavy atom. The molecule has 20 heavy (non-hydrogen) atoms. The molecule has 0 aliphatic rings. The zero-order valence-electron chi connectivity index (χ0n) is 11.9. The molecular formula is C14H19ClN2O3. The summed E-state index contributed by atoms with van der Waals surface area (Å²) in [5.74, 6) is -0.310. The molecule has 110 valence electrons. The van der Waals surface area contributed by atoms with Gasteiger partial charge in [-0.2, -0.15) is 0 Å². The van der Waals surface area contributed by atoms with Gasteiger partial charge in [0.25, 0.3) is 11.6 Å². The van der Waals surface area contributed by atoms with Crippen molar-refractivity contribution >= 4 is 23.2 Å². The number of nitrogens with zero attached hydrogens (tertiary/aromatic N) is 1. The van der Waals surface area contributed by atoms with Gasteiger partial charge < -0.3 is 5.32 Å². The molecule has 0 radical (unpaired) electrons. The van der Waals surface area contributed by atoms with Crippen LogP contribution in [-0.2, 0) is 0 Å². The molecule has 1 amide bonds. The van der Waals surface area contributed by atoms with Gasteiger partial charge in [-0.1, -0.05) is 32.4 Å². The van der Waals surface area contributed by atoms with Crippen molar-refractivity contribution in [3.05, 3.63) is 38.9 Å². The molecule has 0 aliphatic heterocycles. The molecule has 1 N–H and O–H groups in total. The lowest BCUT2D eigenvalue weighted by Crippen LogP contribution is -2.47. The van der Waals surface area contributed by atoms with Crippen LogP contribution in [-0.4, -0.2) is 16.4 Å². The first kappa shape index (κ1) is 16.4. The third kappa shape index (κ3) is 3.48. The minimum atomic E-state index is -0.591. The van der Waals surface area contributed by atoms with Crippen LogP contribution in [0.5, 0.6) is 0 Å². The molecule has 5 nitrogen and oxygen atoms in total. The third-order valence-electron chi connectivity index (χ3n) is 3.81. The van der Waals surface area contributed by atoms with E-state index in [0.29, 0.717) is 0 Å². The van der Waals surface area contributed by atoms with Gasteiger partial charge in [0, 0.05) is 17.2 Å². The quantitative estimate of drug-likeness (QED) is 0.638. The lowest BCUT2D eigenvalue weighted by molar-refractivity contribution is -0.384. The van der Waals surface area contributed by atoms with Crippen LogP contribution < -0.4 is 5.32 Å². The molecule has 0 aromatic heterocycles. The summed E-state index contributed by atoms with van der Waals surface area (Å²) < 4.78 is 0. The van der Waals surface area contributed by atoms with Crippen molar-refractivity contribution < 1.29 is 9.72 Å². The van der Waals surface area contributed by atoms with Crippen molar-refractivity contribution in [3.63, 3.8) is 0 Å². The van der Waals surface area contributed by atoms with Crippen molar-refractivity contribution in [2.75, 3.05) is 0 Å². The summed E-state index contributed by atoms with van der Waals surface area (Å²) in [5, 5.41) is 13.8. The maximum absolute atomic E-state index is 12.2. The second-order valence-electron chi connectivity index (χ2n) is 4.72. The molecule has 0 unspecified atom stereocenters. The van der Waals surface area contributed by atoms with Gasteiger partial charge in [0.1, 0.15) is 5.02 Å². The molecule has 0 heterocycles. The summed E-state index contributed by atoms with van der Waals surface area (Å²) in [6.07, 6.45) is 2.42. The molecule has 0 spiro atoms. The minimum Gasteiger partial charge on any atom is -0.347 e. The number of carbonyl (C=O) groups excluding carboxylic acids is 1. The molecule has 1 aromatic carbocycles. The van der Waals surface area contributed by atoms with Crippen LogP contribution in [0.3, 0.4) is 0 Å². The van der Waals surface area contributed by atoms with Gasteiger partial charge >= 0.3 is 0 Å². The monoisotopic (exact) mass is 298 g/mol. The van der Waals surface area contributed by atoms with E-state index in [2.05, 4.69) is 5.32 Å². The van der Waals surface area contributed by atoms with E-state index in [1.54, 1.807) is 0 Å². The SMILES string of the molecule is CCC(CC)(CC)NC(=O)c1ccc(Cl)c([N+](=O)[O-])c1. The van der Waals surface area contributed by atoms with Gasteiger partial charge in [-0.3, -0.25) is 14.9 Å². The standard InChI is InChI=1S/C14H19ClN2O3/c1-4-14(5-2,6-3)16-13(18)10-7-8-11(15)12(9-10)17(19)20/h7-9H,4-6H2,1-3H3,(H,16,18). The Hall–Kier alpha value is -1.62. The number of hydrogen-bond donors (Lipinski definition) is 1. The second-order valence-corrected chi connectivity index (χ2v) is 5.13. The van der Waals surface area contributed by atoms with Crippen LogP contribution in [0, 0.1) is 10.1 Å².